The summed E-state index contributed by atoms with van der Waals surface area (Å²) in [7, 11) is 0. The van der Waals surface area contributed by atoms with Crippen LogP contribution in [0.5, 0.6) is 0 Å². The summed E-state index contributed by atoms with van der Waals surface area (Å²) in [6.07, 6.45) is 1.39. The Kier molecular flexibility index (Phi) is 9.71. The number of carbonyl (C=O) groups excluding carboxylic acids is 1. The first kappa shape index (κ1) is 23.6. The molecular weight excluding hydrogens is 308 g/mol. The maximum absolute atomic E-state index is 11.2. The fourth-order valence-corrected chi connectivity index (χ4v) is 2.00. The summed E-state index contributed by atoms with van der Waals surface area (Å²) < 4.78 is 5.06. The predicted molar refractivity (Wildman–Crippen MR) is 81.9 cm³/mol. The predicted octanol–water partition coefficient (Wildman–Crippen LogP) is 0.990. The van der Waals surface area contributed by atoms with Crippen molar-refractivity contribution in [1.29, 1.82) is 0 Å². The van der Waals surface area contributed by atoms with Crippen molar-refractivity contribution in [2.45, 2.75) is 71.0 Å². The van der Waals surface area contributed by atoms with Crippen LogP contribution in [0.3, 0.4) is 0 Å². The fraction of sp³-hybridized carbons (Fsp3) is 0.800. The van der Waals surface area contributed by atoms with Crippen molar-refractivity contribution >= 4 is 17.9 Å². The number of hydrogen-bond donors (Lipinski definition) is 3. The molecule has 1 fully saturated rings. The second-order valence-electron chi connectivity index (χ2n) is 6.72. The van der Waals surface area contributed by atoms with Gasteiger partial charge in [-0.15, -0.1) is 0 Å². The van der Waals surface area contributed by atoms with Crippen LogP contribution in [0.1, 0.15) is 59.8 Å². The molecule has 8 nitrogen and oxygen atoms in total. The Balaban J connectivity index is 0. The van der Waals surface area contributed by atoms with E-state index >= 15 is 0 Å². The number of aliphatic carboxylic acids is 2. The van der Waals surface area contributed by atoms with Gasteiger partial charge in [0.1, 0.15) is 5.60 Å². The fourth-order valence-electron chi connectivity index (χ4n) is 2.00. The van der Waals surface area contributed by atoms with E-state index in [9.17, 15) is 14.4 Å². The van der Waals surface area contributed by atoms with Gasteiger partial charge in [0, 0.05) is 12.8 Å². The van der Waals surface area contributed by atoms with E-state index in [4.69, 9.17) is 20.1 Å². The number of carbonyl (C=O) groups is 3. The SMILES string of the molecule is CC(C)(O)CCC(=O)O.CC1(C)CC(CCC(=O)O)C(=O)O1.O. The highest BCUT2D eigenvalue weighted by Crippen LogP contribution is 2.32. The zero-order valence-corrected chi connectivity index (χ0v) is 14.1. The summed E-state index contributed by atoms with van der Waals surface area (Å²) in [6, 6.07) is 0. The molecule has 1 rings (SSSR count). The number of hydrogen-bond acceptors (Lipinski definition) is 5. The second kappa shape index (κ2) is 9.46. The topological polar surface area (TPSA) is 153 Å². The zero-order valence-electron chi connectivity index (χ0n) is 14.1. The third-order valence-electron chi connectivity index (χ3n) is 3.11. The lowest BCUT2D eigenvalue weighted by molar-refractivity contribution is -0.148. The third kappa shape index (κ3) is 12.5. The van der Waals surface area contributed by atoms with Crippen molar-refractivity contribution in [3.05, 3.63) is 0 Å². The van der Waals surface area contributed by atoms with E-state index in [2.05, 4.69) is 0 Å². The molecule has 136 valence electrons. The van der Waals surface area contributed by atoms with Gasteiger partial charge in [0.2, 0.25) is 0 Å². The highest BCUT2D eigenvalue weighted by Gasteiger charge is 2.39. The molecule has 1 unspecified atom stereocenters. The average molecular weight is 336 g/mol. The van der Waals surface area contributed by atoms with E-state index in [0.717, 1.165) is 0 Å². The molecule has 0 aromatic carbocycles. The van der Waals surface area contributed by atoms with Gasteiger partial charge in [0.25, 0.3) is 0 Å². The van der Waals surface area contributed by atoms with Gasteiger partial charge in [0.15, 0.2) is 0 Å². The molecule has 0 aliphatic carbocycles. The quantitative estimate of drug-likeness (QED) is 0.611. The highest BCUT2D eigenvalue weighted by molar-refractivity contribution is 5.76. The van der Waals surface area contributed by atoms with Crippen molar-refractivity contribution in [2.24, 2.45) is 5.92 Å². The molecule has 1 aliphatic rings. The summed E-state index contributed by atoms with van der Waals surface area (Å²) in [5, 5.41) is 25.6. The number of ether oxygens (including phenoxy) is 1. The molecule has 1 saturated heterocycles. The lowest BCUT2D eigenvalue weighted by atomic mass is 9.94. The molecule has 0 spiro atoms. The smallest absolute Gasteiger partial charge is 0.309 e. The largest absolute Gasteiger partial charge is 0.481 e. The van der Waals surface area contributed by atoms with Gasteiger partial charge in [-0.25, -0.2) is 0 Å². The Labute approximate surface area is 135 Å². The van der Waals surface area contributed by atoms with E-state index in [1.165, 1.54) is 0 Å². The van der Waals surface area contributed by atoms with Crippen LogP contribution >= 0.6 is 0 Å². The van der Waals surface area contributed by atoms with Crippen molar-refractivity contribution in [3.8, 4) is 0 Å². The average Bonchev–Trinajstić information content (AvgIpc) is 2.57. The molecule has 1 atom stereocenters. The molecule has 0 bridgehead atoms. The lowest BCUT2D eigenvalue weighted by Gasteiger charge is -2.14. The lowest BCUT2D eigenvalue weighted by Crippen LogP contribution is -2.19. The van der Waals surface area contributed by atoms with Crippen LogP contribution in [-0.4, -0.2) is 49.9 Å². The first-order valence-electron chi connectivity index (χ1n) is 7.21. The molecule has 1 heterocycles. The van der Waals surface area contributed by atoms with Gasteiger partial charge in [0.05, 0.1) is 11.5 Å². The summed E-state index contributed by atoms with van der Waals surface area (Å²) in [5.41, 5.74) is -1.27. The minimum Gasteiger partial charge on any atom is -0.481 e. The van der Waals surface area contributed by atoms with Crippen LogP contribution < -0.4 is 0 Å². The molecular formula is C15H28O8. The van der Waals surface area contributed by atoms with E-state index in [0.29, 0.717) is 19.3 Å². The van der Waals surface area contributed by atoms with Crippen LogP contribution in [0, 0.1) is 5.92 Å². The second-order valence-corrected chi connectivity index (χ2v) is 6.72. The highest BCUT2D eigenvalue weighted by atomic mass is 16.6. The zero-order chi connectivity index (χ0) is 17.6. The Morgan fingerprint density at radius 3 is 1.96 bits per heavy atom. The maximum atomic E-state index is 11.2. The molecule has 1 aliphatic heterocycles. The van der Waals surface area contributed by atoms with Crippen molar-refractivity contribution in [3.63, 3.8) is 0 Å². The molecule has 0 aromatic heterocycles. The molecule has 0 saturated carbocycles. The first-order valence-corrected chi connectivity index (χ1v) is 7.21. The van der Waals surface area contributed by atoms with Crippen molar-refractivity contribution in [2.75, 3.05) is 0 Å². The summed E-state index contributed by atoms with van der Waals surface area (Å²) in [5.74, 6) is -2.22. The minimum atomic E-state index is -0.864. The van der Waals surface area contributed by atoms with Crippen LogP contribution in [0.2, 0.25) is 0 Å². The first-order chi connectivity index (χ1) is 9.82. The number of carboxylic acids is 2. The number of cyclic esters (lactones) is 1. The van der Waals surface area contributed by atoms with Crippen molar-refractivity contribution in [1.82, 2.24) is 0 Å². The third-order valence-corrected chi connectivity index (χ3v) is 3.11. The van der Waals surface area contributed by atoms with Gasteiger partial charge in [-0.05, 0) is 47.0 Å². The van der Waals surface area contributed by atoms with Crippen LogP contribution in [-0.2, 0) is 19.1 Å². The molecule has 0 radical (unpaired) electrons. The van der Waals surface area contributed by atoms with Crippen LogP contribution in [0.15, 0.2) is 0 Å². The standard InChI is InChI=1S/C9H14O4.C6H12O3.H2O/c1-9(2)5-6(8(12)13-9)3-4-7(10)11;1-6(2,9)4-3-5(7)8;/h6H,3-5H2,1-2H3,(H,10,11);9H,3-4H2,1-2H3,(H,7,8);1H2. The monoisotopic (exact) mass is 336 g/mol. The number of aliphatic hydroxyl groups is 1. The molecule has 8 heteroatoms. The Morgan fingerprint density at radius 2 is 1.70 bits per heavy atom. The van der Waals surface area contributed by atoms with Gasteiger partial charge in [-0.2, -0.15) is 0 Å². The number of rotatable bonds is 6. The van der Waals surface area contributed by atoms with Crippen molar-refractivity contribution < 1.29 is 39.9 Å². The summed E-state index contributed by atoms with van der Waals surface area (Å²) in [4.78, 5) is 31.4. The minimum absolute atomic E-state index is 0. The number of esters is 1. The van der Waals surface area contributed by atoms with Crippen LogP contribution in [0.25, 0.3) is 0 Å². The Bertz CT molecular complexity index is 408. The van der Waals surface area contributed by atoms with Gasteiger partial charge in [-0.3, -0.25) is 14.4 Å². The Hall–Kier alpha value is -1.67. The summed E-state index contributed by atoms with van der Waals surface area (Å²) in [6.45, 7) is 6.86. The Morgan fingerprint density at radius 1 is 1.22 bits per heavy atom. The molecule has 23 heavy (non-hydrogen) atoms. The van der Waals surface area contributed by atoms with Gasteiger partial charge in [-0.1, -0.05) is 0 Å². The molecule has 0 aromatic rings. The molecule has 5 N–H and O–H groups in total. The van der Waals surface area contributed by atoms with Gasteiger partial charge >= 0.3 is 17.9 Å². The van der Waals surface area contributed by atoms with Crippen LogP contribution in [0.4, 0.5) is 0 Å². The maximum Gasteiger partial charge on any atom is 0.309 e. The van der Waals surface area contributed by atoms with E-state index < -0.39 is 23.1 Å². The van der Waals surface area contributed by atoms with E-state index in [1.807, 2.05) is 13.8 Å². The summed E-state index contributed by atoms with van der Waals surface area (Å²) >= 11 is 0. The normalized spacial score (nSPS) is 19.0. The molecule has 0 amide bonds. The van der Waals surface area contributed by atoms with E-state index in [-0.39, 0.29) is 30.2 Å². The number of carboxylic acid groups (broad SMARTS) is 2. The van der Waals surface area contributed by atoms with Gasteiger partial charge < -0.3 is 25.5 Å². The van der Waals surface area contributed by atoms with E-state index in [1.54, 1.807) is 13.8 Å².